The Morgan fingerprint density at radius 3 is 2.32 bits per heavy atom. The van der Waals surface area contributed by atoms with Crippen molar-refractivity contribution >= 4 is 11.6 Å². The summed E-state index contributed by atoms with van der Waals surface area (Å²) in [5, 5.41) is 22.4. The summed E-state index contributed by atoms with van der Waals surface area (Å²) in [7, 11) is 3.06. The molecule has 0 fully saturated rings. The summed E-state index contributed by atoms with van der Waals surface area (Å²) in [6.45, 7) is 3.49. The maximum Gasteiger partial charge on any atom is 0.264 e. The number of amides is 1. The van der Waals surface area contributed by atoms with Gasteiger partial charge in [-0.1, -0.05) is 31.5 Å². The van der Waals surface area contributed by atoms with Crippen molar-refractivity contribution < 1.29 is 23.8 Å². The van der Waals surface area contributed by atoms with E-state index >= 15 is 0 Å². The van der Waals surface area contributed by atoms with Crippen molar-refractivity contribution in [2.75, 3.05) is 19.5 Å². The monoisotopic (exact) mass is 518 g/mol. The van der Waals surface area contributed by atoms with Gasteiger partial charge >= 0.3 is 0 Å². The van der Waals surface area contributed by atoms with Gasteiger partial charge in [0.2, 0.25) is 11.8 Å². The topological polar surface area (TPSA) is 140 Å². The van der Waals surface area contributed by atoms with Gasteiger partial charge < -0.3 is 29.3 Å². The molecule has 2 heterocycles. The Bertz CT molecular complexity index is 1470. The van der Waals surface area contributed by atoms with Gasteiger partial charge in [0, 0.05) is 18.3 Å². The number of unbranched alkanes of at least 4 members (excludes halogenated alkanes) is 1. The second-order valence-electron chi connectivity index (χ2n) is 8.73. The molecule has 0 bridgehead atoms. The summed E-state index contributed by atoms with van der Waals surface area (Å²) in [5.74, 6) is 0.657. The number of aryl methyl sites for hydroxylation is 1. The number of rotatable bonds is 10. The quantitative estimate of drug-likeness (QED) is 0.274. The molecule has 0 saturated carbocycles. The average Bonchev–Trinajstić information content (AvgIpc) is 3.35. The molecule has 2 aromatic carbocycles. The van der Waals surface area contributed by atoms with Crippen LogP contribution in [-0.2, 0) is 17.6 Å². The lowest BCUT2D eigenvalue weighted by Gasteiger charge is -2.18. The lowest BCUT2D eigenvalue weighted by atomic mass is 9.96. The number of hydrogen-bond donors (Lipinski definition) is 3. The summed E-state index contributed by atoms with van der Waals surface area (Å²) in [6.07, 6.45) is 2.52. The van der Waals surface area contributed by atoms with Gasteiger partial charge in [-0.15, -0.1) is 10.2 Å². The van der Waals surface area contributed by atoms with Gasteiger partial charge in [-0.05, 0) is 42.7 Å². The van der Waals surface area contributed by atoms with Gasteiger partial charge in [0.05, 0.1) is 31.8 Å². The summed E-state index contributed by atoms with van der Waals surface area (Å²) < 4.78 is 17.0. The number of nitrogens with one attached hydrogen (secondary N) is 2. The normalized spacial score (nSPS) is 10.8. The minimum absolute atomic E-state index is 0.106. The third-order valence-electron chi connectivity index (χ3n) is 6.04. The first kappa shape index (κ1) is 26.5. The van der Waals surface area contributed by atoms with Crippen molar-refractivity contribution in [1.29, 1.82) is 0 Å². The molecule has 1 amide bonds. The number of aromatic amines is 1. The zero-order valence-electron chi connectivity index (χ0n) is 21.8. The molecule has 4 rings (SSSR count). The molecule has 0 unspecified atom stereocenters. The highest BCUT2D eigenvalue weighted by Crippen LogP contribution is 2.46. The van der Waals surface area contributed by atoms with Gasteiger partial charge in [0.25, 0.3) is 11.4 Å². The van der Waals surface area contributed by atoms with Crippen LogP contribution in [0.5, 0.6) is 17.2 Å². The van der Waals surface area contributed by atoms with Gasteiger partial charge in [0.1, 0.15) is 22.8 Å². The molecule has 4 aromatic rings. The fourth-order valence-electron chi connectivity index (χ4n) is 4.25. The first-order chi connectivity index (χ1) is 18.4. The summed E-state index contributed by atoms with van der Waals surface area (Å²) in [5.41, 5.74) is 2.32. The average molecular weight is 519 g/mol. The summed E-state index contributed by atoms with van der Waals surface area (Å²) in [4.78, 5) is 27.3. The van der Waals surface area contributed by atoms with E-state index in [-0.39, 0.29) is 29.0 Å². The number of anilines is 1. The third kappa shape index (κ3) is 5.54. The van der Waals surface area contributed by atoms with E-state index in [1.807, 2.05) is 19.1 Å². The maximum absolute atomic E-state index is 13.2. The van der Waals surface area contributed by atoms with Crippen molar-refractivity contribution in [3.8, 4) is 39.8 Å². The van der Waals surface area contributed by atoms with Crippen LogP contribution < -0.4 is 20.3 Å². The zero-order chi connectivity index (χ0) is 27.2. The standard InChI is InChI=1S/C28H30N4O6/c1-5-6-8-19-23(24-20(36-3)9-7-10-21(24)37-4)26(34)25(27(35)30-19)28-32-31-22(38-28)15-17-11-13-18(14-12-17)29-16(2)33/h7,9-14H,5-6,8,15H2,1-4H3,(H,29,33)(H2,30,34,35). The van der Waals surface area contributed by atoms with E-state index in [2.05, 4.69) is 20.5 Å². The Balaban J connectivity index is 1.77. The molecule has 3 N–H and O–H groups in total. The summed E-state index contributed by atoms with van der Waals surface area (Å²) in [6, 6.07) is 12.5. The van der Waals surface area contributed by atoms with E-state index in [4.69, 9.17) is 13.9 Å². The molecule has 38 heavy (non-hydrogen) atoms. The molecule has 10 nitrogen and oxygen atoms in total. The van der Waals surface area contributed by atoms with Crippen LogP contribution in [0.25, 0.3) is 22.6 Å². The van der Waals surface area contributed by atoms with Gasteiger partial charge in [0.15, 0.2) is 0 Å². The number of carbonyl (C=O) groups is 1. The smallest absolute Gasteiger partial charge is 0.264 e. The Labute approximate surface area is 219 Å². The van der Waals surface area contributed by atoms with Crippen molar-refractivity contribution in [1.82, 2.24) is 15.2 Å². The van der Waals surface area contributed by atoms with Crippen molar-refractivity contribution in [2.24, 2.45) is 0 Å². The zero-order valence-corrected chi connectivity index (χ0v) is 21.8. The Hall–Kier alpha value is -4.60. The molecule has 10 heteroatoms. The molecule has 0 aliphatic rings. The maximum atomic E-state index is 13.2. The fourth-order valence-corrected chi connectivity index (χ4v) is 4.25. The Morgan fingerprint density at radius 1 is 1.03 bits per heavy atom. The van der Waals surface area contributed by atoms with Gasteiger partial charge in [-0.2, -0.15) is 0 Å². The molecule has 0 spiro atoms. The molecule has 0 atom stereocenters. The number of ether oxygens (including phenoxy) is 2. The highest BCUT2D eigenvalue weighted by atomic mass is 16.5. The van der Waals surface area contributed by atoms with Crippen LogP contribution in [0.4, 0.5) is 5.69 Å². The van der Waals surface area contributed by atoms with Crippen LogP contribution in [0.15, 0.2) is 51.7 Å². The first-order valence-electron chi connectivity index (χ1n) is 12.2. The minimum atomic E-state index is -0.541. The number of aromatic hydroxyl groups is 1. The second-order valence-corrected chi connectivity index (χ2v) is 8.73. The van der Waals surface area contributed by atoms with Crippen LogP contribution >= 0.6 is 0 Å². The minimum Gasteiger partial charge on any atom is -0.506 e. The third-order valence-corrected chi connectivity index (χ3v) is 6.04. The number of benzene rings is 2. The first-order valence-corrected chi connectivity index (χ1v) is 12.2. The van der Waals surface area contributed by atoms with E-state index in [9.17, 15) is 14.7 Å². The van der Waals surface area contributed by atoms with E-state index < -0.39 is 5.56 Å². The van der Waals surface area contributed by atoms with Crippen molar-refractivity contribution in [2.45, 2.75) is 39.5 Å². The lowest BCUT2D eigenvalue weighted by molar-refractivity contribution is -0.114. The fraction of sp³-hybridized carbons (Fsp3) is 0.286. The number of carbonyl (C=O) groups excluding carboxylic acids is 1. The Kier molecular flexibility index (Phi) is 8.10. The predicted molar refractivity (Wildman–Crippen MR) is 143 cm³/mol. The molecule has 0 aliphatic carbocycles. The van der Waals surface area contributed by atoms with E-state index in [0.29, 0.717) is 46.8 Å². The van der Waals surface area contributed by atoms with Crippen LogP contribution in [0.1, 0.15) is 43.8 Å². The largest absolute Gasteiger partial charge is 0.506 e. The SMILES string of the molecule is CCCCc1[nH]c(=O)c(-c2nnc(Cc3ccc(NC(C)=O)cc3)o2)c(O)c1-c1c(OC)cccc1OC. The van der Waals surface area contributed by atoms with Crippen LogP contribution in [0.3, 0.4) is 0 Å². The molecule has 0 aliphatic heterocycles. The van der Waals surface area contributed by atoms with Gasteiger partial charge in [-0.3, -0.25) is 9.59 Å². The van der Waals surface area contributed by atoms with Gasteiger partial charge in [-0.25, -0.2) is 0 Å². The number of hydrogen-bond acceptors (Lipinski definition) is 8. The molecule has 0 radical (unpaired) electrons. The van der Waals surface area contributed by atoms with Crippen LogP contribution in [-0.4, -0.2) is 40.4 Å². The lowest BCUT2D eigenvalue weighted by Crippen LogP contribution is -2.14. The van der Waals surface area contributed by atoms with Crippen molar-refractivity contribution in [3.63, 3.8) is 0 Å². The number of nitrogens with zero attached hydrogens (tertiary/aromatic N) is 2. The predicted octanol–water partition coefficient (Wildman–Crippen LogP) is 4.71. The molecule has 198 valence electrons. The van der Waals surface area contributed by atoms with E-state index in [1.165, 1.54) is 21.1 Å². The Morgan fingerprint density at radius 2 is 1.71 bits per heavy atom. The van der Waals surface area contributed by atoms with Crippen LogP contribution in [0.2, 0.25) is 0 Å². The molecular formula is C28H30N4O6. The van der Waals surface area contributed by atoms with E-state index in [1.54, 1.807) is 30.3 Å². The van der Waals surface area contributed by atoms with Crippen LogP contribution in [0, 0.1) is 0 Å². The highest BCUT2D eigenvalue weighted by Gasteiger charge is 2.27. The highest BCUT2D eigenvalue weighted by molar-refractivity contribution is 5.88. The number of methoxy groups -OCH3 is 2. The molecule has 0 saturated heterocycles. The van der Waals surface area contributed by atoms with E-state index in [0.717, 1.165) is 18.4 Å². The summed E-state index contributed by atoms with van der Waals surface area (Å²) >= 11 is 0. The second kappa shape index (κ2) is 11.6. The number of aromatic nitrogens is 3. The number of H-pyrrole nitrogens is 1. The van der Waals surface area contributed by atoms with Crippen molar-refractivity contribution in [3.05, 3.63) is 70.0 Å². The molecular weight excluding hydrogens is 488 g/mol. The molecule has 2 aromatic heterocycles. The number of pyridine rings is 1.